The van der Waals surface area contributed by atoms with Gasteiger partial charge in [0, 0.05) is 84.1 Å². The van der Waals surface area contributed by atoms with Gasteiger partial charge in [-0.2, -0.15) is 0 Å². The van der Waals surface area contributed by atoms with Crippen molar-refractivity contribution >= 4 is 54.5 Å². The molecule has 354 valence electrons. The smallest absolute Gasteiger partial charge is 0.306 e. The third-order valence-corrected chi connectivity index (χ3v) is 10.1. The minimum atomic E-state index is -0.694. The molecule has 64 heavy (non-hydrogen) atoms. The Labute approximate surface area is 378 Å². The molecule has 4 unspecified atom stereocenters. The molecule has 1 heterocycles. The number of amides is 5. The van der Waals surface area contributed by atoms with Gasteiger partial charge in [0.25, 0.3) is 17.7 Å². The van der Waals surface area contributed by atoms with E-state index >= 15 is 0 Å². The molecule has 0 saturated heterocycles. The number of esters is 2. The van der Waals surface area contributed by atoms with E-state index in [-0.39, 0.29) is 48.9 Å². The summed E-state index contributed by atoms with van der Waals surface area (Å²) < 4.78 is 23.7. The van der Waals surface area contributed by atoms with Crippen LogP contribution in [0.25, 0.3) is 0 Å². The van der Waals surface area contributed by atoms with E-state index < -0.39 is 30.4 Å². The second-order valence-electron chi connectivity index (χ2n) is 14.8. The predicted octanol–water partition coefficient (Wildman–Crippen LogP) is 5.80. The Morgan fingerprint density at radius 2 is 1.36 bits per heavy atom. The highest BCUT2D eigenvalue weighted by atomic mass is 16.6. The van der Waals surface area contributed by atoms with Gasteiger partial charge in [0.2, 0.25) is 12.3 Å². The second-order valence-corrected chi connectivity index (χ2v) is 14.8. The van der Waals surface area contributed by atoms with Crippen molar-refractivity contribution in [2.24, 2.45) is 0 Å². The van der Waals surface area contributed by atoms with E-state index in [1.54, 1.807) is 27.2 Å². The van der Waals surface area contributed by atoms with Gasteiger partial charge >= 0.3 is 11.9 Å². The van der Waals surface area contributed by atoms with E-state index in [9.17, 15) is 43.2 Å². The van der Waals surface area contributed by atoms with Crippen molar-refractivity contribution < 1.29 is 62.1 Å². The van der Waals surface area contributed by atoms with Crippen molar-refractivity contribution in [1.29, 1.82) is 0 Å². The Bertz CT molecular complexity index is 1660. The Hall–Kier alpha value is -5.61. The molecule has 0 spiro atoms. The van der Waals surface area contributed by atoms with Gasteiger partial charge < -0.3 is 28.6 Å². The maximum absolute atomic E-state index is 12.9. The summed E-state index contributed by atoms with van der Waals surface area (Å²) in [4.78, 5) is 107. The lowest BCUT2D eigenvalue weighted by atomic mass is 9.89. The number of nitrogens with zero attached hydrogens (tertiary/aromatic N) is 3. The van der Waals surface area contributed by atoms with E-state index in [1.165, 1.54) is 34.1 Å². The molecule has 1 fully saturated rings. The number of methoxy groups -OCH3 is 1. The van der Waals surface area contributed by atoms with Gasteiger partial charge in [0.1, 0.15) is 30.9 Å². The molecule has 5 amide bonds. The third kappa shape index (κ3) is 23.2. The standard InChI is InChI=1S/C35H46N2O10.C11H17NO3.C2H6/c1-36(30(39)15-12-22-38)20-10-4-8-17-34(43)47-29-24-27(23-28(44-2)35(29)45-25-26-13-6-3-7-14-26)46-33(42)16-9-5-11-21-37-31(40)18-19-32(37)41;1-2-7-11(15)12(10-14)8-5-3-4-6-9-13;1-2/h3,6-7,12-15,18-19,22,27-29,35H,4-5,8-11,16-17,20-21,23-25H2,1-2H3;2,7,9-10H,3-6,8H2,1H3;1-2H3/b15-12-;7-2-;. The molecule has 0 bridgehead atoms. The molecule has 1 aromatic rings. The summed E-state index contributed by atoms with van der Waals surface area (Å²) in [7, 11) is 3.20. The van der Waals surface area contributed by atoms with Gasteiger partial charge in [-0.15, -0.1) is 0 Å². The predicted molar refractivity (Wildman–Crippen MR) is 239 cm³/mol. The highest BCUT2D eigenvalue weighted by molar-refractivity contribution is 6.12. The number of imide groups is 2. The van der Waals surface area contributed by atoms with Gasteiger partial charge in [0.15, 0.2) is 0 Å². The van der Waals surface area contributed by atoms with Crippen LogP contribution < -0.4 is 0 Å². The molecule has 4 atom stereocenters. The minimum Gasteiger partial charge on any atom is -0.462 e. The third-order valence-electron chi connectivity index (χ3n) is 10.1. The number of hydrogen-bond acceptors (Lipinski definition) is 13. The minimum absolute atomic E-state index is 0.178. The number of likely N-dealkylation sites (N-methyl/N-ethyl adjacent to an activating group) is 1. The van der Waals surface area contributed by atoms with E-state index in [2.05, 4.69) is 0 Å². The summed E-state index contributed by atoms with van der Waals surface area (Å²) >= 11 is 0. The summed E-state index contributed by atoms with van der Waals surface area (Å²) in [5, 5.41) is 0. The number of allylic oxidation sites excluding steroid dienone is 2. The maximum Gasteiger partial charge on any atom is 0.306 e. The van der Waals surface area contributed by atoms with Crippen molar-refractivity contribution in [3.63, 3.8) is 0 Å². The number of unbranched alkanes of at least 4 members (excludes halogenated alkanes) is 7. The topological polar surface area (TPSA) is 200 Å². The molecule has 1 aromatic carbocycles. The first-order valence-corrected chi connectivity index (χ1v) is 22.3. The molecule has 0 radical (unpaired) electrons. The quantitative estimate of drug-likeness (QED) is 0.0322. The fourth-order valence-electron chi connectivity index (χ4n) is 6.68. The van der Waals surface area contributed by atoms with Crippen molar-refractivity contribution in [2.75, 3.05) is 33.8 Å². The molecule has 0 N–H and O–H groups in total. The lowest BCUT2D eigenvalue weighted by Crippen LogP contribution is -2.51. The lowest BCUT2D eigenvalue weighted by molar-refractivity contribution is -0.194. The average Bonchev–Trinajstić information content (AvgIpc) is 3.62. The molecule has 1 aliphatic heterocycles. The second kappa shape index (κ2) is 34.8. The van der Waals surface area contributed by atoms with Gasteiger partial charge in [-0.05, 0) is 63.2 Å². The summed E-state index contributed by atoms with van der Waals surface area (Å²) in [5.74, 6) is -1.95. The van der Waals surface area contributed by atoms with Crippen LogP contribution in [0, 0.1) is 0 Å². The average molecular weight is 896 g/mol. The van der Waals surface area contributed by atoms with E-state index in [4.69, 9.17) is 18.9 Å². The fourth-order valence-corrected chi connectivity index (χ4v) is 6.68. The highest BCUT2D eigenvalue weighted by Crippen LogP contribution is 2.30. The molecule has 3 rings (SSSR count). The number of aldehydes is 2. The van der Waals surface area contributed by atoms with Gasteiger partial charge in [-0.1, -0.05) is 69.5 Å². The summed E-state index contributed by atoms with van der Waals surface area (Å²) in [6, 6.07) is 9.63. The van der Waals surface area contributed by atoms with E-state index in [1.807, 2.05) is 44.2 Å². The zero-order valence-corrected chi connectivity index (χ0v) is 38.3. The number of carbonyl (C=O) groups excluding carboxylic acids is 9. The SMILES string of the molecule is C/C=C\C(=O)N(C=O)CCCCCC=O.CC.COC1CC(OC(=O)CCCCCN2C(=O)C=CC2=O)CC(OC(=O)CCCCCN(C)C(=O)/C=C\C=O)C1OCc1ccccc1. The first-order valence-electron chi connectivity index (χ1n) is 22.3. The van der Waals surface area contributed by atoms with Crippen molar-refractivity contribution in [3.05, 3.63) is 72.4 Å². The van der Waals surface area contributed by atoms with Crippen molar-refractivity contribution in [3.8, 4) is 0 Å². The lowest BCUT2D eigenvalue weighted by Gasteiger charge is -2.40. The zero-order chi connectivity index (χ0) is 47.5. The molecule has 1 aliphatic carbocycles. The molecular weight excluding hydrogens is 827 g/mol. The monoisotopic (exact) mass is 895 g/mol. The van der Waals surface area contributed by atoms with Gasteiger partial charge in [0.05, 0.1) is 12.7 Å². The number of rotatable bonds is 28. The van der Waals surface area contributed by atoms with Crippen LogP contribution in [-0.4, -0.2) is 127 Å². The Morgan fingerprint density at radius 1 is 0.750 bits per heavy atom. The highest BCUT2D eigenvalue weighted by Gasteiger charge is 2.42. The zero-order valence-electron chi connectivity index (χ0n) is 38.3. The number of benzene rings is 1. The van der Waals surface area contributed by atoms with Crippen LogP contribution in [0.1, 0.15) is 116 Å². The normalized spacial score (nSPS) is 17.8. The van der Waals surface area contributed by atoms with Crippen LogP contribution in [0.15, 0.2) is 66.8 Å². The first kappa shape index (κ1) is 56.4. The number of carbonyl (C=O) groups is 9. The molecule has 2 aliphatic rings. The van der Waals surface area contributed by atoms with Crippen molar-refractivity contribution in [2.45, 2.75) is 142 Å². The van der Waals surface area contributed by atoms with Crippen LogP contribution in [0.5, 0.6) is 0 Å². The molecule has 0 aromatic heterocycles. The first-order chi connectivity index (χ1) is 31.0. The van der Waals surface area contributed by atoms with Crippen LogP contribution >= 0.6 is 0 Å². The van der Waals surface area contributed by atoms with Gasteiger partial charge in [-0.3, -0.25) is 48.2 Å². The molecule has 16 nitrogen and oxygen atoms in total. The molecule has 1 saturated carbocycles. The summed E-state index contributed by atoms with van der Waals surface area (Å²) in [6.45, 7) is 7.25. The van der Waals surface area contributed by atoms with Crippen LogP contribution in [0.3, 0.4) is 0 Å². The summed E-state index contributed by atoms with van der Waals surface area (Å²) in [6.07, 6.45) is 15.2. The number of ether oxygens (including phenoxy) is 4. The van der Waals surface area contributed by atoms with E-state index in [0.29, 0.717) is 90.3 Å². The Kier molecular flexibility index (Phi) is 30.7. The Balaban J connectivity index is 0.00000102. The molecular formula is C48H69N3O13. The van der Waals surface area contributed by atoms with Crippen molar-refractivity contribution in [1.82, 2.24) is 14.7 Å². The van der Waals surface area contributed by atoms with Gasteiger partial charge in [-0.25, -0.2) is 0 Å². The van der Waals surface area contributed by atoms with Crippen LogP contribution in [-0.2, 0) is 68.7 Å². The molecule has 16 heteroatoms. The largest absolute Gasteiger partial charge is 0.462 e. The van der Waals surface area contributed by atoms with E-state index in [0.717, 1.165) is 42.1 Å². The summed E-state index contributed by atoms with van der Waals surface area (Å²) in [5.41, 5.74) is 0.959. The van der Waals surface area contributed by atoms with Crippen LogP contribution in [0.2, 0.25) is 0 Å². The number of hydrogen-bond donors (Lipinski definition) is 0. The maximum atomic E-state index is 12.9. The Morgan fingerprint density at radius 3 is 1.97 bits per heavy atom. The van der Waals surface area contributed by atoms with Crippen LogP contribution in [0.4, 0.5) is 0 Å². The fraction of sp³-hybridized carbons (Fsp3) is 0.562.